The van der Waals surface area contributed by atoms with Gasteiger partial charge in [-0.1, -0.05) is 20.8 Å². The number of hydrogen-bond acceptors (Lipinski definition) is 6. The van der Waals surface area contributed by atoms with Gasteiger partial charge in [-0.2, -0.15) is 0 Å². The van der Waals surface area contributed by atoms with E-state index >= 15 is 0 Å². The van der Waals surface area contributed by atoms with Crippen LogP contribution in [-0.4, -0.2) is 63.0 Å². The van der Waals surface area contributed by atoms with E-state index < -0.39 is 0 Å². The van der Waals surface area contributed by atoms with Crippen LogP contribution in [0.4, 0.5) is 5.69 Å². The molecule has 1 aromatic rings. The van der Waals surface area contributed by atoms with E-state index in [-0.39, 0.29) is 11.1 Å². The molecule has 1 unspecified atom stereocenters. The van der Waals surface area contributed by atoms with Gasteiger partial charge in [-0.15, -0.1) is 0 Å². The minimum atomic E-state index is -0.356. The maximum absolute atomic E-state index is 11.1. The van der Waals surface area contributed by atoms with Crippen molar-refractivity contribution in [1.82, 2.24) is 4.90 Å². The molecule has 1 aromatic carbocycles. The zero-order valence-corrected chi connectivity index (χ0v) is 16.9. The number of methoxy groups -OCH3 is 1. The Bertz CT molecular complexity index is 642. The number of benzene rings is 1. The average molecular weight is 376 g/mol. The molecular weight excluding hydrogens is 344 g/mol. The predicted molar refractivity (Wildman–Crippen MR) is 106 cm³/mol. The van der Waals surface area contributed by atoms with Crippen molar-refractivity contribution in [3.8, 4) is 5.75 Å². The summed E-state index contributed by atoms with van der Waals surface area (Å²) in [6.07, 6.45) is 2.87. The molecule has 2 aliphatic rings. The van der Waals surface area contributed by atoms with Gasteiger partial charge in [0.05, 0.1) is 32.5 Å². The lowest BCUT2D eigenvalue weighted by molar-refractivity contribution is -0.279. The fourth-order valence-corrected chi connectivity index (χ4v) is 4.13. The molecule has 6 heteroatoms. The third kappa shape index (κ3) is 4.13. The summed E-state index contributed by atoms with van der Waals surface area (Å²) in [4.78, 5) is 13.5. The Kier molecular flexibility index (Phi) is 6.08. The highest BCUT2D eigenvalue weighted by Crippen LogP contribution is 2.40. The summed E-state index contributed by atoms with van der Waals surface area (Å²) in [5.74, 6) is 0.604. The number of aldehydes is 1. The van der Waals surface area contributed by atoms with Gasteiger partial charge in [0.25, 0.3) is 0 Å². The summed E-state index contributed by atoms with van der Waals surface area (Å²) in [7, 11) is 1.59. The molecule has 2 heterocycles. The van der Waals surface area contributed by atoms with Gasteiger partial charge >= 0.3 is 0 Å². The summed E-state index contributed by atoms with van der Waals surface area (Å²) in [6, 6.07) is 6.01. The van der Waals surface area contributed by atoms with Crippen molar-refractivity contribution < 1.29 is 19.0 Å². The van der Waals surface area contributed by atoms with Crippen LogP contribution in [0.15, 0.2) is 18.2 Å². The Balaban J connectivity index is 1.64. The first-order chi connectivity index (χ1) is 12.9. The number of rotatable bonds is 5. The van der Waals surface area contributed by atoms with E-state index in [1.807, 2.05) is 12.1 Å². The number of likely N-dealkylation sites (tertiary alicyclic amines) is 1. The van der Waals surface area contributed by atoms with E-state index in [1.54, 1.807) is 13.2 Å². The van der Waals surface area contributed by atoms with Gasteiger partial charge in [0.1, 0.15) is 11.5 Å². The zero-order chi connectivity index (χ0) is 19.5. The Morgan fingerprint density at radius 2 is 2.00 bits per heavy atom. The molecule has 6 nitrogen and oxygen atoms in total. The van der Waals surface area contributed by atoms with Crippen LogP contribution in [0.5, 0.6) is 5.75 Å². The van der Waals surface area contributed by atoms with Gasteiger partial charge in [0, 0.05) is 36.3 Å². The number of carbonyl (C=O) groups is 1. The third-order valence-electron chi connectivity index (χ3n) is 5.78. The Hall–Kier alpha value is -1.63. The Labute approximate surface area is 162 Å². The van der Waals surface area contributed by atoms with Crippen molar-refractivity contribution in [1.29, 1.82) is 0 Å². The van der Waals surface area contributed by atoms with Crippen molar-refractivity contribution in [3.05, 3.63) is 23.8 Å². The maximum atomic E-state index is 11.1. The van der Waals surface area contributed by atoms with Crippen LogP contribution in [-0.2, 0) is 9.47 Å². The van der Waals surface area contributed by atoms with E-state index in [0.29, 0.717) is 37.2 Å². The largest absolute Gasteiger partial charge is 0.496 e. The van der Waals surface area contributed by atoms with E-state index in [9.17, 15) is 4.79 Å². The van der Waals surface area contributed by atoms with Gasteiger partial charge in [-0.05, 0) is 25.0 Å². The number of nitrogens with zero attached hydrogens (tertiary/aromatic N) is 1. The third-order valence-corrected chi connectivity index (χ3v) is 5.78. The second kappa shape index (κ2) is 8.17. The van der Waals surface area contributed by atoms with Crippen LogP contribution < -0.4 is 10.1 Å². The highest BCUT2D eigenvalue weighted by molar-refractivity contribution is 5.80. The monoisotopic (exact) mass is 376 g/mol. The highest BCUT2D eigenvalue weighted by Gasteiger charge is 2.50. The first kappa shape index (κ1) is 20.1. The van der Waals surface area contributed by atoms with Crippen LogP contribution in [0.1, 0.15) is 44.0 Å². The standard InChI is InChI=1S/C21H32N2O4/c1-20(2,3)21(15-26-11-12-27-21)23-9-7-17(8-10-23)22-18-6-5-16(14-24)19(13-18)25-4/h5-6,13-14,17,22H,7-12,15H2,1-4H3. The molecular formula is C21H32N2O4. The molecule has 2 saturated heterocycles. The van der Waals surface area contributed by atoms with Crippen LogP contribution in [0, 0.1) is 5.41 Å². The van der Waals surface area contributed by atoms with Crippen molar-refractivity contribution in [2.24, 2.45) is 5.41 Å². The summed E-state index contributed by atoms with van der Waals surface area (Å²) < 4.78 is 17.4. The Morgan fingerprint density at radius 1 is 1.26 bits per heavy atom. The predicted octanol–water partition coefficient (Wildman–Crippen LogP) is 3.17. The molecule has 0 radical (unpaired) electrons. The van der Waals surface area contributed by atoms with Crippen molar-refractivity contribution in [2.75, 3.05) is 45.3 Å². The van der Waals surface area contributed by atoms with E-state index in [1.165, 1.54) is 0 Å². The topological polar surface area (TPSA) is 60.0 Å². The van der Waals surface area contributed by atoms with Crippen molar-refractivity contribution in [3.63, 3.8) is 0 Å². The second-order valence-corrected chi connectivity index (χ2v) is 8.42. The molecule has 1 atom stereocenters. The van der Waals surface area contributed by atoms with Crippen LogP contribution >= 0.6 is 0 Å². The first-order valence-corrected chi connectivity index (χ1v) is 9.76. The first-order valence-electron chi connectivity index (χ1n) is 9.76. The molecule has 0 aliphatic carbocycles. The number of ether oxygens (including phenoxy) is 3. The van der Waals surface area contributed by atoms with Gasteiger partial charge in [-0.3, -0.25) is 9.69 Å². The number of anilines is 1. The molecule has 150 valence electrons. The van der Waals surface area contributed by atoms with Gasteiger partial charge in [0.15, 0.2) is 6.29 Å². The van der Waals surface area contributed by atoms with Crippen molar-refractivity contribution >= 4 is 12.0 Å². The molecule has 3 rings (SSSR count). The number of hydrogen-bond donors (Lipinski definition) is 1. The molecule has 0 aromatic heterocycles. The molecule has 27 heavy (non-hydrogen) atoms. The molecule has 2 aliphatic heterocycles. The quantitative estimate of drug-likeness (QED) is 0.797. The van der Waals surface area contributed by atoms with Crippen LogP contribution in [0.2, 0.25) is 0 Å². The second-order valence-electron chi connectivity index (χ2n) is 8.42. The minimum Gasteiger partial charge on any atom is -0.496 e. The van der Waals surface area contributed by atoms with Gasteiger partial charge in [-0.25, -0.2) is 0 Å². The van der Waals surface area contributed by atoms with Gasteiger partial charge in [0.2, 0.25) is 0 Å². The average Bonchev–Trinajstić information content (AvgIpc) is 2.68. The highest BCUT2D eigenvalue weighted by atomic mass is 16.6. The molecule has 0 amide bonds. The van der Waals surface area contributed by atoms with Crippen molar-refractivity contribution in [2.45, 2.75) is 45.4 Å². The Morgan fingerprint density at radius 3 is 2.56 bits per heavy atom. The SMILES string of the molecule is COc1cc(NC2CCN(C3(C(C)(C)C)COCCO3)CC2)ccc1C=O. The molecule has 0 spiro atoms. The van der Waals surface area contributed by atoms with Gasteiger partial charge < -0.3 is 19.5 Å². The lowest BCUT2D eigenvalue weighted by Gasteiger charge is -2.54. The molecule has 0 bridgehead atoms. The fourth-order valence-electron chi connectivity index (χ4n) is 4.13. The lowest BCUT2D eigenvalue weighted by Crippen LogP contribution is -2.66. The number of carbonyl (C=O) groups excluding carboxylic acids is 1. The number of nitrogens with one attached hydrogen (secondary N) is 1. The van der Waals surface area contributed by atoms with E-state index in [4.69, 9.17) is 14.2 Å². The summed E-state index contributed by atoms with van der Waals surface area (Å²) in [5, 5.41) is 3.59. The normalized spacial score (nSPS) is 25.2. The van der Waals surface area contributed by atoms with Crippen LogP contribution in [0.3, 0.4) is 0 Å². The van der Waals surface area contributed by atoms with E-state index in [0.717, 1.165) is 37.9 Å². The molecule has 0 saturated carbocycles. The van der Waals surface area contributed by atoms with E-state index in [2.05, 4.69) is 31.0 Å². The lowest BCUT2D eigenvalue weighted by atomic mass is 9.80. The fraction of sp³-hybridized carbons (Fsp3) is 0.667. The molecule has 1 N–H and O–H groups in total. The smallest absolute Gasteiger partial charge is 0.153 e. The van der Waals surface area contributed by atoms with Crippen LogP contribution in [0.25, 0.3) is 0 Å². The summed E-state index contributed by atoms with van der Waals surface area (Å²) >= 11 is 0. The molecule has 2 fully saturated rings. The zero-order valence-electron chi connectivity index (χ0n) is 16.9. The number of piperidine rings is 1. The minimum absolute atomic E-state index is 0.0221. The summed E-state index contributed by atoms with van der Waals surface area (Å²) in [6.45, 7) is 10.6. The maximum Gasteiger partial charge on any atom is 0.153 e. The summed E-state index contributed by atoms with van der Waals surface area (Å²) in [5.41, 5.74) is 1.18.